The molecule has 0 aliphatic heterocycles. The first kappa shape index (κ1) is 23.1. The quantitative estimate of drug-likeness (QED) is 0.689. The number of hydrogen-bond acceptors (Lipinski definition) is 3. The van der Waals surface area contributed by atoms with Crippen LogP contribution >= 0.6 is 24.0 Å². The SMILES string of the molecule is CC(C(=O)Nc1ccc(Cl)cc1OCC(F)(F)F)C(N)c1ccccc1.Cl. The Morgan fingerprint density at radius 1 is 1.22 bits per heavy atom. The van der Waals surface area contributed by atoms with E-state index in [0.29, 0.717) is 0 Å². The van der Waals surface area contributed by atoms with E-state index in [1.807, 2.05) is 18.2 Å². The number of halogens is 5. The Balaban J connectivity index is 0.00000364. The fraction of sp³-hybridized carbons (Fsp3) is 0.278. The lowest BCUT2D eigenvalue weighted by molar-refractivity contribution is -0.153. The van der Waals surface area contributed by atoms with Crippen LogP contribution in [0.4, 0.5) is 18.9 Å². The number of anilines is 1. The Morgan fingerprint density at radius 3 is 2.44 bits per heavy atom. The van der Waals surface area contributed by atoms with E-state index in [-0.39, 0.29) is 28.9 Å². The molecule has 2 unspecified atom stereocenters. The fourth-order valence-corrected chi connectivity index (χ4v) is 2.41. The van der Waals surface area contributed by atoms with Gasteiger partial charge in [-0.05, 0) is 17.7 Å². The zero-order chi connectivity index (χ0) is 19.3. The highest BCUT2D eigenvalue weighted by Crippen LogP contribution is 2.31. The summed E-state index contributed by atoms with van der Waals surface area (Å²) < 4.78 is 41.9. The highest BCUT2D eigenvalue weighted by molar-refractivity contribution is 6.30. The minimum atomic E-state index is -4.51. The van der Waals surface area contributed by atoms with Gasteiger partial charge in [0.25, 0.3) is 0 Å². The van der Waals surface area contributed by atoms with Gasteiger partial charge in [-0.25, -0.2) is 0 Å². The average molecular weight is 423 g/mol. The Bertz CT molecular complexity index is 758. The summed E-state index contributed by atoms with van der Waals surface area (Å²) in [4.78, 5) is 12.5. The van der Waals surface area contributed by atoms with Gasteiger partial charge in [0.2, 0.25) is 5.91 Å². The molecule has 0 saturated carbocycles. The first-order valence-corrected chi connectivity index (χ1v) is 8.15. The third-order valence-electron chi connectivity index (χ3n) is 3.73. The highest BCUT2D eigenvalue weighted by Gasteiger charge is 2.29. The van der Waals surface area contributed by atoms with Crippen molar-refractivity contribution in [1.82, 2.24) is 0 Å². The molecule has 148 valence electrons. The van der Waals surface area contributed by atoms with Gasteiger partial charge >= 0.3 is 6.18 Å². The third kappa shape index (κ3) is 6.93. The molecule has 0 aromatic heterocycles. The molecular weight excluding hydrogens is 404 g/mol. The number of amides is 1. The molecule has 0 aliphatic carbocycles. The van der Waals surface area contributed by atoms with E-state index in [2.05, 4.69) is 5.32 Å². The summed E-state index contributed by atoms with van der Waals surface area (Å²) in [6.45, 7) is 0.147. The van der Waals surface area contributed by atoms with Gasteiger partial charge in [-0.1, -0.05) is 48.9 Å². The number of ether oxygens (including phenoxy) is 1. The molecule has 0 bridgehead atoms. The maximum absolute atomic E-state index is 12.5. The molecule has 2 rings (SSSR count). The smallest absolute Gasteiger partial charge is 0.422 e. The lowest BCUT2D eigenvalue weighted by atomic mass is 9.94. The lowest BCUT2D eigenvalue weighted by Crippen LogP contribution is -2.30. The van der Waals surface area contributed by atoms with E-state index in [9.17, 15) is 18.0 Å². The van der Waals surface area contributed by atoms with E-state index in [4.69, 9.17) is 22.1 Å². The number of nitrogens with one attached hydrogen (secondary N) is 1. The molecule has 2 atom stereocenters. The van der Waals surface area contributed by atoms with E-state index < -0.39 is 30.7 Å². The Labute approximate surface area is 166 Å². The largest absolute Gasteiger partial charge is 0.482 e. The van der Waals surface area contributed by atoms with E-state index >= 15 is 0 Å². The van der Waals surface area contributed by atoms with Crippen molar-refractivity contribution >= 4 is 35.6 Å². The van der Waals surface area contributed by atoms with E-state index in [1.54, 1.807) is 19.1 Å². The van der Waals surface area contributed by atoms with Crippen molar-refractivity contribution in [2.24, 2.45) is 11.7 Å². The van der Waals surface area contributed by atoms with Gasteiger partial charge in [0.05, 0.1) is 11.6 Å². The Morgan fingerprint density at radius 2 is 1.85 bits per heavy atom. The second-order valence-corrected chi connectivity index (χ2v) is 6.20. The molecule has 27 heavy (non-hydrogen) atoms. The number of hydrogen-bond donors (Lipinski definition) is 2. The predicted octanol–water partition coefficient (Wildman–Crippen LogP) is 4.98. The Hall–Kier alpha value is -1.96. The first-order chi connectivity index (χ1) is 12.2. The third-order valence-corrected chi connectivity index (χ3v) is 3.96. The van der Waals surface area contributed by atoms with Gasteiger partial charge in [-0.2, -0.15) is 13.2 Å². The normalized spacial score (nSPS) is 13.3. The molecular formula is C18H19Cl2F3N2O2. The number of rotatable bonds is 6. The summed E-state index contributed by atoms with van der Waals surface area (Å²) in [5, 5.41) is 2.74. The van der Waals surface area contributed by atoms with Crippen molar-refractivity contribution in [3.63, 3.8) is 0 Å². The zero-order valence-corrected chi connectivity index (χ0v) is 15.9. The summed E-state index contributed by atoms with van der Waals surface area (Å²) in [7, 11) is 0. The molecule has 0 heterocycles. The molecule has 2 aromatic carbocycles. The highest BCUT2D eigenvalue weighted by atomic mass is 35.5. The maximum atomic E-state index is 12.5. The summed E-state index contributed by atoms with van der Waals surface area (Å²) in [5.74, 6) is -1.23. The number of benzene rings is 2. The van der Waals surface area contributed by atoms with E-state index in [1.165, 1.54) is 18.2 Å². The summed E-state index contributed by atoms with van der Waals surface area (Å²) in [5.41, 5.74) is 6.98. The minimum Gasteiger partial charge on any atom is -0.482 e. The molecule has 0 radical (unpaired) electrons. The van der Waals surface area contributed by atoms with Gasteiger partial charge in [-0.15, -0.1) is 12.4 Å². The maximum Gasteiger partial charge on any atom is 0.422 e. The summed E-state index contributed by atoms with van der Waals surface area (Å²) >= 11 is 5.80. The van der Waals surface area contributed by atoms with Crippen LogP contribution < -0.4 is 15.8 Å². The van der Waals surface area contributed by atoms with Crippen molar-refractivity contribution in [3.8, 4) is 5.75 Å². The molecule has 0 fully saturated rings. The van der Waals surface area contributed by atoms with Crippen molar-refractivity contribution in [3.05, 3.63) is 59.1 Å². The van der Waals surface area contributed by atoms with Gasteiger partial charge in [0.15, 0.2) is 6.61 Å². The van der Waals surface area contributed by atoms with Crippen molar-refractivity contribution in [1.29, 1.82) is 0 Å². The van der Waals surface area contributed by atoms with Crippen LogP contribution in [0, 0.1) is 5.92 Å². The Kier molecular flexibility index (Phi) is 8.40. The molecule has 0 spiro atoms. The topological polar surface area (TPSA) is 64.3 Å². The van der Waals surface area contributed by atoms with Crippen LogP contribution in [0.25, 0.3) is 0 Å². The molecule has 9 heteroatoms. The van der Waals surface area contributed by atoms with Gasteiger partial charge in [0, 0.05) is 17.1 Å². The van der Waals surface area contributed by atoms with Crippen LogP contribution in [-0.2, 0) is 4.79 Å². The summed E-state index contributed by atoms with van der Waals surface area (Å²) in [6, 6.07) is 12.5. The minimum absolute atomic E-state index is 0. The molecule has 0 saturated heterocycles. The van der Waals surface area contributed by atoms with Crippen LogP contribution in [-0.4, -0.2) is 18.7 Å². The monoisotopic (exact) mass is 422 g/mol. The van der Waals surface area contributed by atoms with Gasteiger partial charge < -0.3 is 15.8 Å². The molecule has 1 amide bonds. The van der Waals surface area contributed by atoms with Crippen LogP contribution in [0.3, 0.4) is 0 Å². The second kappa shape index (κ2) is 9.82. The standard InChI is InChI=1S/C18H18ClF3N2O2.ClH/c1-11(16(23)12-5-3-2-4-6-12)17(25)24-14-8-7-13(19)9-15(14)26-10-18(20,21)22;/h2-9,11,16H,10,23H2,1H3,(H,24,25);1H. The fourth-order valence-electron chi connectivity index (χ4n) is 2.25. The predicted molar refractivity (Wildman–Crippen MR) is 101 cm³/mol. The van der Waals surface area contributed by atoms with Crippen molar-refractivity contribution < 1.29 is 22.7 Å². The average Bonchev–Trinajstić information content (AvgIpc) is 2.60. The molecule has 0 aliphatic rings. The lowest BCUT2D eigenvalue weighted by Gasteiger charge is -2.21. The number of nitrogens with two attached hydrogens (primary N) is 1. The number of carbonyl (C=O) groups is 1. The van der Waals surface area contributed by atoms with Crippen LogP contribution in [0.1, 0.15) is 18.5 Å². The van der Waals surface area contributed by atoms with Crippen LogP contribution in [0.5, 0.6) is 5.75 Å². The number of carbonyl (C=O) groups excluding carboxylic acids is 1. The van der Waals surface area contributed by atoms with Crippen LogP contribution in [0.2, 0.25) is 5.02 Å². The van der Waals surface area contributed by atoms with Gasteiger partial charge in [0.1, 0.15) is 5.75 Å². The molecule has 3 N–H and O–H groups in total. The molecule has 2 aromatic rings. The first-order valence-electron chi connectivity index (χ1n) is 7.78. The van der Waals surface area contributed by atoms with E-state index in [0.717, 1.165) is 5.56 Å². The number of alkyl halides is 3. The summed E-state index contributed by atoms with van der Waals surface area (Å²) in [6.07, 6.45) is -4.51. The van der Waals surface area contributed by atoms with Crippen molar-refractivity contribution in [2.45, 2.75) is 19.1 Å². The zero-order valence-electron chi connectivity index (χ0n) is 14.3. The van der Waals surface area contributed by atoms with Gasteiger partial charge in [-0.3, -0.25) is 4.79 Å². The molecule has 4 nitrogen and oxygen atoms in total. The van der Waals surface area contributed by atoms with Crippen molar-refractivity contribution in [2.75, 3.05) is 11.9 Å². The van der Waals surface area contributed by atoms with Crippen LogP contribution in [0.15, 0.2) is 48.5 Å². The second-order valence-electron chi connectivity index (χ2n) is 5.76.